The maximum atomic E-state index is 14.1. The number of piperazine rings is 1. The largest absolute Gasteiger partial charge is 0.368 e. The van der Waals surface area contributed by atoms with E-state index in [0.717, 1.165) is 13.1 Å². The molecule has 134 valence electrons. The number of nitrogens with zero attached hydrogens (tertiary/aromatic N) is 4. The molecular formula is C16H19BrFN5O2. The highest BCUT2D eigenvalue weighted by atomic mass is 79.9. The summed E-state index contributed by atoms with van der Waals surface area (Å²) < 4.78 is 20.0. The van der Waals surface area contributed by atoms with Crippen LogP contribution < -0.4 is 10.6 Å². The Labute approximate surface area is 153 Å². The SMILES string of the molecule is Cc1noc(C(C)N2CCN(c3cc(Br)cc(F)c3C(N)=O)CC2)n1. The Morgan fingerprint density at radius 1 is 1.36 bits per heavy atom. The van der Waals surface area contributed by atoms with Crippen LogP contribution in [0, 0.1) is 12.7 Å². The van der Waals surface area contributed by atoms with Gasteiger partial charge in [-0.1, -0.05) is 21.1 Å². The number of carbonyl (C=O) groups is 1. The van der Waals surface area contributed by atoms with Crippen LogP contribution in [-0.4, -0.2) is 47.1 Å². The summed E-state index contributed by atoms with van der Waals surface area (Å²) in [6.07, 6.45) is 0. The van der Waals surface area contributed by atoms with E-state index < -0.39 is 11.7 Å². The van der Waals surface area contributed by atoms with E-state index in [9.17, 15) is 9.18 Å². The molecule has 9 heteroatoms. The van der Waals surface area contributed by atoms with Crippen LogP contribution in [0.15, 0.2) is 21.1 Å². The standard InChI is InChI=1S/C16H19BrFN5O2/c1-9(16-20-10(2)21-25-16)22-3-5-23(6-4-22)13-8-11(17)7-12(18)14(13)15(19)24/h7-9H,3-6H2,1-2H3,(H2,19,24). The van der Waals surface area contributed by atoms with Crippen molar-refractivity contribution in [3.63, 3.8) is 0 Å². The quantitative estimate of drug-likeness (QED) is 0.829. The van der Waals surface area contributed by atoms with Gasteiger partial charge in [0.15, 0.2) is 5.82 Å². The van der Waals surface area contributed by atoms with Crippen molar-refractivity contribution in [2.45, 2.75) is 19.9 Å². The Hall–Kier alpha value is -2.00. The zero-order valence-electron chi connectivity index (χ0n) is 14.0. The number of halogens is 2. The van der Waals surface area contributed by atoms with Crippen molar-refractivity contribution in [2.75, 3.05) is 31.1 Å². The fourth-order valence-electron chi connectivity index (χ4n) is 3.04. The van der Waals surface area contributed by atoms with Crippen molar-refractivity contribution in [2.24, 2.45) is 5.73 Å². The number of rotatable bonds is 4. The maximum Gasteiger partial charge on any atom is 0.253 e. The van der Waals surface area contributed by atoms with Gasteiger partial charge < -0.3 is 15.2 Å². The van der Waals surface area contributed by atoms with Crippen molar-refractivity contribution in [1.82, 2.24) is 15.0 Å². The van der Waals surface area contributed by atoms with Crippen molar-refractivity contribution in [3.8, 4) is 0 Å². The Bertz CT molecular complexity index is 789. The Morgan fingerprint density at radius 3 is 2.60 bits per heavy atom. The van der Waals surface area contributed by atoms with Crippen LogP contribution in [0.4, 0.5) is 10.1 Å². The number of primary amides is 1. The molecule has 0 spiro atoms. The minimum Gasteiger partial charge on any atom is -0.368 e. The Morgan fingerprint density at radius 2 is 2.04 bits per heavy atom. The third-order valence-electron chi connectivity index (χ3n) is 4.38. The van der Waals surface area contributed by atoms with Gasteiger partial charge in [-0.05, 0) is 26.0 Å². The van der Waals surface area contributed by atoms with E-state index in [1.165, 1.54) is 6.07 Å². The fraction of sp³-hybridized carbons (Fsp3) is 0.438. The molecule has 0 bridgehead atoms. The average molecular weight is 412 g/mol. The molecular weight excluding hydrogens is 393 g/mol. The van der Waals surface area contributed by atoms with E-state index in [-0.39, 0.29) is 11.6 Å². The first-order chi connectivity index (χ1) is 11.9. The molecule has 1 atom stereocenters. The lowest BCUT2D eigenvalue weighted by molar-refractivity contribution is 0.0996. The number of hydrogen-bond donors (Lipinski definition) is 1. The summed E-state index contributed by atoms with van der Waals surface area (Å²) in [6.45, 7) is 6.49. The van der Waals surface area contributed by atoms with Crippen LogP contribution in [0.1, 0.15) is 35.0 Å². The Balaban J connectivity index is 1.75. The van der Waals surface area contributed by atoms with E-state index in [1.54, 1.807) is 13.0 Å². The second-order valence-corrected chi connectivity index (χ2v) is 6.94. The van der Waals surface area contributed by atoms with E-state index in [4.69, 9.17) is 10.3 Å². The highest BCUT2D eigenvalue weighted by Gasteiger charge is 2.28. The lowest BCUT2D eigenvalue weighted by atomic mass is 10.1. The summed E-state index contributed by atoms with van der Waals surface area (Å²) in [4.78, 5) is 20.1. The first kappa shape index (κ1) is 17.8. The molecule has 2 aromatic rings. The van der Waals surface area contributed by atoms with Crippen LogP contribution >= 0.6 is 15.9 Å². The molecule has 2 heterocycles. The number of carbonyl (C=O) groups excluding carboxylic acids is 1. The molecule has 0 saturated carbocycles. The third kappa shape index (κ3) is 3.67. The number of aromatic nitrogens is 2. The minimum absolute atomic E-state index is 0.00166. The molecule has 7 nitrogen and oxygen atoms in total. The number of benzene rings is 1. The molecule has 3 rings (SSSR count). The van der Waals surface area contributed by atoms with Crippen molar-refractivity contribution in [3.05, 3.63) is 39.7 Å². The number of amides is 1. The smallest absolute Gasteiger partial charge is 0.253 e. The molecule has 1 unspecified atom stereocenters. The highest BCUT2D eigenvalue weighted by Crippen LogP contribution is 2.30. The van der Waals surface area contributed by atoms with Gasteiger partial charge in [0, 0.05) is 30.7 Å². The molecule has 2 N–H and O–H groups in total. The number of hydrogen-bond acceptors (Lipinski definition) is 6. The maximum absolute atomic E-state index is 14.1. The molecule has 1 aliphatic heterocycles. The predicted octanol–water partition coefficient (Wildman–Crippen LogP) is 2.26. The van der Waals surface area contributed by atoms with E-state index in [2.05, 4.69) is 31.0 Å². The van der Waals surface area contributed by atoms with Gasteiger partial charge in [-0.2, -0.15) is 4.98 Å². The highest BCUT2D eigenvalue weighted by molar-refractivity contribution is 9.10. The molecule has 1 aliphatic rings. The summed E-state index contributed by atoms with van der Waals surface area (Å²) in [5.74, 6) is -0.195. The molecule has 1 amide bonds. The van der Waals surface area contributed by atoms with Gasteiger partial charge in [-0.3, -0.25) is 9.69 Å². The second-order valence-electron chi connectivity index (χ2n) is 6.02. The monoisotopic (exact) mass is 411 g/mol. The molecule has 1 fully saturated rings. The summed E-state index contributed by atoms with van der Waals surface area (Å²) in [5, 5.41) is 3.82. The number of aryl methyl sites for hydroxylation is 1. The summed E-state index contributed by atoms with van der Waals surface area (Å²) in [6, 6.07) is 2.97. The summed E-state index contributed by atoms with van der Waals surface area (Å²) in [7, 11) is 0. The first-order valence-electron chi connectivity index (χ1n) is 7.95. The van der Waals surface area contributed by atoms with Crippen molar-refractivity contribution in [1.29, 1.82) is 0 Å². The molecule has 0 radical (unpaired) electrons. The third-order valence-corrected chi connectivity index (χ3v) is 4.84. The van der Waals surface area contributed by atoms with Crippen molar-refractivity contribution < 1.29 is 13.7 Å². The van der Waals surface area contributed by atoms with E-state index >= 15 is 0 Å². The van der Waals surface area contributed by atoms with Gasteiger partial charge in [-0.25, -0.2) is 4.39 Å². The number of anilines is 1. The topological polar surface area (TPSA) is 88.5 Å². The molecule has 0 aliphatic carbocycles. The summed E-state index contributed by atoms with van der Waals surface area (Å²) in [5.41, 5.74) is 5.81. The molecule has 1 aromatic heterocycles. The van der Waals surface area contributed by atoms with Crippen LogP contribution in [0.3, 0.4) is 0 Å². The van der Waals surface area contributed by atoms with Gasteiger partial charge in [0.25, 0.3) is 5.91 Å². The fourth-order valence-corrected chi connectivity index (χ4v) is 3.46. The van der Waals surface area contributed by atoms with Crippen LogP contribution in [0.2, 0.25) is 0 Å². The molecule has 1 aromatic carbocycles. The normalized spacial score (nSPS) is 16.9. The molecule has 25 heavy (non-hydrogen) atoms. The summed E-state index contributed by atoms with van der Waals surface area (Å²) >= 11 is 3.27. The first-order valence-corrected chi connectivity index (χ1v) is 8.74. The average Bonchev–Trinajstić information content (AvgIpc) is 2.99. The van der Waals surface area contributed by atoms with Gasteiger partial charge in [-0.15, -0.1) is 0 Å². The van der Waals surface area contributed by atoms with Crippen molar-refractivity contribution >= 4 is 27.5 Å². The lowest BCUT2D eigenvalue weighted by Gasteiger charge is -2.38. The Kier molecular flexibility index (Phi) is 5.05. The lowest BCUT2D eigenvalue weighted by Crippen LogP contribution is -2.47. The van der Waals surface area contributed by atoms with E-state index in [1.807, 2.05) is 11.8 Å². The second kappa shape index (κ2) is 7.09. The zero-order valence-corrected chi connectivity index (χ0v) is 15.6. The van der Waals surface area contributed by atoms with E-state index in [0.29, 0.717) is 35.0 Å². The van der Waals surface area contributed by atoms with Crippen LogP contribution in [0.5, 0.6) is 0 Å². The van der Waals surface area contributed by atoms with Gasteiger partial charge in [0.2, 0.25) is 5.89 Å². The van der Waals surface area contributed by atoms with Gasteiger partial charge in [0.1, 0.15) is 5.82 Å². The predicted molar refractivity (Wildman–Crippen MR) is 93.9 cm³/mol. The van der Waals surface area contributed by atoms with Gasteiger partial charge >= 0.3 is 0 Å². The minimum atomic E-state index is -0.767. The van der Waals surface area contributed by atoms with Crippen LogP contribution in [-0.2, 0) is 0 Å². The molecule has 1 saturated heterocycles. The zero-order chi connectivity index (χ0) is 18.1. The van der Waals surface area contributed by atoms with Crippen LogP contribution in [0.25, 0.3) is 0 Å². The number of nitrogens with two attached hydrogens (primary N) is 1. The van der Waals surface area contributed by atoms with Gasteiger partial charge in [0.05, 0.1) is 17.3 Å².